The number of ether oxygens (including phenoxy) is 1. The molecule has 0 saturated heterocycles. The number of aromatic amines is 2. The van der Waals surface area contributed by atoms with Gasteiger partial charge in [-0.15, -0.1) is 0 Å². The number of nitrogens with one attached hydrogen (secondary N) is 2. The van der Waals surface area contributed by atoms with Crippen LogP contribution in [0.25, 0.3) is 11.0 Å². The average molecular weight is 376 g/mol. The van der Waals surface area contributed by atoms with E-state index in [1.807, 2.05) is 13.0 Å². The summed E-state index contributed by atoms with van der Waals surface area (Å²) in [6.07, 6.45) is 1.67. The minimum atomic E-state index is -0.245. The molecule has 0 unspecified atom stereocenters. The second kappa shape index (κ2) is 6.29. The van der Waals surface area contributed by atoms with E-state index in [1.165, 1.54) is 0 Å². The molecule has 23 heavy (non-hydrogen) atoms. The molecule has 0 spiro atoms. The summed E-state index contributed by atoms with van der Waals surface area (Å²) in [6, 6.07) is 8.84. The number of aliphatic imine (C=N–C) groups is 1. The molecule has 7 heteroatoms. The Morgan fingerprint density at radius 2 is 2.04 bits per heavy atom. The van der Waals surface area contributed by atoms with Gasteiger partial charge in [-0.2, -0.15) is 0 Å². The highest BCUT2D eigenvalue weighted by atomic mass is 79.9. The van der Waals surface area contributed by atoms with Crippen molar-refractivity contribution in [3.05, 3.63) is 50.9 Å². The van der Waals surface area contributed by atoms with Gasteiger partial charge in [-0.25, -0.2) is 4.79 Å². The van der Waals surface area contributed by atoms with E-state index in [1.54, 1.807) is 30.5 Å². The maximum Gasteiger partial charge on any atom is 0.323 e. The fourth-order valence-electron chi connectivity index (χ4n) is 2.18. The number of hydrogen-bond donors (Lipinski definition) is 3. The van der Waals surface area contributed by atoms with Crippen molar-refractivity contribution in [2.45, 2.75) is 6.92 Å². The molecule has 118 valence electrons. The predicted octanol–water partition coefficient (Wildman–Crippen LogP) is 3.47. The van der Waals surface area contributed by atoms with Gasteiger partial charge in [0.25, 0.3) is 0 Å². The number of phenols is 1. The van der Waals surface area contributed by atoms with Crippen molar-refractivity contribution in [1.82, 2.24) is 9.97 Å². The molecular weight excluding hydrogens is 362 g/mol. The van der Waals surface area contributed by atoms with Crippen LogP contribution in [-0.2, 0) is 0 Å². The van der Waals surface area contributed by atoms with E-state index in [9.17, 15) is 9.90 Å². The number of nitrogens with zero attached hydrogens (tertiary/aromatic N) is 1. The number of aromatic nitrogens is 2. The summed E-state index contributed by atoms with van der Waals surface area (Å²) in [6.45, 7) is 2.30. The van der Waals surface area contributed by atoms with Crippen molar-refractivity contribution in [2.75, 3.05) is 6.61 Å². The van der Waals surface area contributed by atoms with Crippen LogP contribution >= 0.6 is 15.9 Å². The van der Waals surface area contributed by atoms with Gasteiger partial charge in [0, 0.05) is 6.21 Å². The van der Waals surface area contributed by atoms with Crippen LogP contribution in [0, 0.1) is 0 Å². The third-order valence-electron chi connectivity index (χ3n) is 3.21. The molecule has 0 atom stereocenters. The number of rotatable bonds is 4. The van der Waals surface area contributed by atoms with Crippen LogP contribution < -0.4 is 10.4 Å². The molecule has 0 amide bonds. The molecule has 0 bridgehead atoms. The number of phenolic OH excluding ortho intramolecular Hbond substituents is 1. The monoisotopic (exact) mass is 375 g/mol. The lowest BCUT2D eigenvalue weighted by Crippen LogP contribution is -1.99. The predicted molar refractivity (Wildman–Crippen MR) is 93.1 cm³/mol. The summed E-state index contributed by atoms with van der Waals surface area (Å²) >= 11 is 3.29. The van der Waals surface area contributed by atoms with E-state index in [0.717, 1.165) is 11.1 Å². The first kappa shape index (κ1) is 15.4. The first-order valence-corrected chi connectivity index (χ1v) is 7.77. The molecule has 0 saturated carbocycles. The van der Waals surface area contributed by atoms with E-state index < -0.39 is 0 Å². The van der Waals surface area contributed by atoms with Crippen molar-refractivity contribution < 1.29 is 9.84 Å². The molecule has 2 aromatic carbocycles. The molecule has 0 aliphatic carbocycles. The highest BCUT2D eigenvalue weighted by molar-refractivity contribution is 9.10. The van der Waals surface area contributed by atoms with Crippen LogP contribution in [-0.4, -0.2) is 27.9 Å². The van der Waals surface area contributed by atoms with E-state index in [4.69, 9.17) is 4.74 Å². The molecule has 3 N–H and O–H groups in total. The molecule has 6 nitrogen and oxygen atoms in total. The van der Waals surface area contributed by atoms with Gasteiger partial charge in [-0.3, -0.25) is 4.99 Å². The lowest BCUT2D eigenvalue weighted by atomic mass is 10.2. The molecule has 0 fully saturated rings. The normalized spacial score (nSPS) is 11.4. The molecule has 0 aliphatic heterocycles. The van der Waals surface area contributed by atoms with Gasteiger partial charge in [-0.1, -0.05) is 0 Å². The zero-order valence-electron chi connectivity index (χ0n) is 12.3. The third-order valence-corrected chi connectivity index (χ3v) is 3.82. The average Bonchev–Trinajstić information content (AvgIpc) is 2.89. The highest BCUT2D eigenvalue weighted by Gasteiger charge is 2.08. The molecular formula is C16H14BrN3O3. The first-order valence-electron chi connectivity index (χ1n) is 6.98. The smallest absolute Gasteiger partial charge is 0.323 e. The number of imidazole rings is 1. The summed E-state index contributed by atoms with van der Waals surface area (Å²) < 4.78 is 5.92. The Bertz CT molecular complexity index is 943. The Morgan fingerprint density at radius 3 is 2.83 bits per heavy atom. The van der Waals surface area contributed by atoms with Crippen LogP contribution in [0.3, 0.4) is 0 Å². The van der Waals surface area contributed by atoms with Crippen molar-refractivity contribution in [1.29, 1.82) is 0 Å². The van der Waals surface area contributed by atoms with Crippen LogP contribution in [0.2, 0.25) is 0 Å². The topological polar surface area (TPSA) is 90.5 Å². The van der Waals surface area contributed by atoms with E-state index in [-0.39, 0.29) is 11.4 Å². The lowest BCUT2D eigenvalue weighted by molar-refractivity contribution is 0.317. The van der Waals surface area contributed by atoms with Crippen molar-refractivity contribution in [3.63, 3.8) is 0 Å². The summed E-state index contributed by atoms with van der Waals surface area (Å²) in [5, 5.41) is 9.91. The summed E-state index contributed by atoms with van der Waals surface area (Å²) in [4.78, 5) is 21.0. The van der Waals surface area contributed by atoms with E-state index >= 15 is 0 Å². The minimum Gasteiger partial charge on any atom is -0.503 e. The fraction of sp³-hybridized carbons (Fsp3) is 0.125. The van der Waals surface area contributed by atoms with Gasteiger partial charge in [0.15, 0.2) is 11.5 Å². The lowest BCUT2D eigenvalue weighted by Gasteiger charge is -2.08. The standard InChI is InChI=1S/C16H14BrN3O3/c1-2-23-14-6-9(5-11(17)15(14)21)8-18-10-3-4-12-13(7-10)20-16(22)19-12/h3-8,21H,2H2,1H3,(H2,19,20,22). The van der Waals surface area contributed by atoms with Crippen molar-refractivity contribution in [2.24, 2.45) is 4.99 Å². The summed E-state index contributed by atoms with van der Waals surface area (Å²) in [5.41, 5.74) is 2.67. The molecule has 1 heterocycles. The van der Waals surface area contributed by atoms with E-state index in [0.29, 0.717) is 28.0 Å². The maximum atomic E-state index is 11.3. The molecule has 3 rings (SSSR count). The molecule has 0 aliphatic rings. The van der Waals surface area contributed by atoms with Gasteiger partial charge in [0.1, 0.15) is 0 Å². The van der Waals surface area contributed by atoms with Crippen molar-refractivity contribution in [3.8, 4) is 11.5 Å². The first-order chi connectivity index (χ1) is 11.1. The molecule has 1 aromatic heterocycles. The maximum absolute atomic E-state index is 11.3. The highest BCUT2D eigenvalue weighted by Crippen LogP contribution is 2.35. The minimum absolute atomic E-state index is 0.0651. The number of benzene rings is 2. The summed E-state index contributed by atoms with van der Waals surface area (Å²) in [5.74, 6) is 0.462. The Morgan fingerprint density at radius 1 is 1.26 bits per heavy atom. The Balaban J connectivity index is 1.92. The molecule has 0 radical (unpaired) electrons. The van der Waals surface area contributed by atoms with Gasteiger partial charge in [-0.05, 0) is 58.7 Å². The van der Waals surface area contributed by atoms with Crippen molar-refractivity contribution >= 4 is 38.9 Å². The van der Waals surface area contributed by atoms with Gasteiger partial charge < -0.3 is 19.8 Å². The number of fused-ring (bicyclic) bond motifs is 1. The van der Waals surface area contributed by atoms with E-state index in [2.05, 4.69) is 30.9 Å². The zero-order valence-corrected chi connectivity index (χ0v) is 13.8. The molecule has 3 aromatic rings. The Hall–Kier alpha value is -2.54. The number of H-pyrrole nitrogens is 2. The zero-order chi connectivity index (χ0) is 16.4. The Labute approximate surface area is 140 Å². The van der Waals surface area contributed by atoms with Crippen LogP contribution in [0.4, 0.5) is 5.69 Å². The van der Waals surface area contributed by atoms with Gasteiger partial charge in [0.05, 0.1) is 27.8 Å². The third kappa shape index (κ3) is 3.29. The number of aromatic hydroxyl groups is 1. The van der Waals surface area contributed by atoms with Gasteiger partial charge >= 0.3 is 5.69 Å². The summed E-state index contributed by atoms with van der Waals surface area (Å²) in [7, 11) is 0. The quantitative estimate of drug-likeness (QED) is 0.609. The Kier molecular flexibility index (Phi) is 4.20. The number of halogens is 1. The van der Waals surface area contributed by atoms with Crippen LogP contribution in [0.5, 0.6) is 11.5 Å². The second-order valence-corrected chi connectivity index (χ2v) is 5.70. The van der Waals surface area contributed by atoms with Crippen LogP contribution in [0.15, 0.2) is 44.6 Å². The fourth-order valence-corrected chi connectivity index (χ4v) is 2.64. The SMILES string of the molecule is CCOc1cc(C=Nc2ccc3[nH]c(=O)[nH]c3c2)cc(Br)c1O. The van der Waals surface area contributed by atoms with Crippen LogP contribution in [0.1, 0.15) is 12.5 Å². The largest absolute Gasteiger partial charge is 0.503 e. The number of hydrogen-bond acceptors (Lipinski definition) is 4. The second-order valence-electron chi connectivity index (χ2n) is 4.85. The van der Waals surface area contributed by atoms with Gasteiger partial charge in [0.2, 0.25) is 0 Å².